The molecule has 2 aliphatic rings. The van der Waals surface area contributed by atoms with Crippen LogP contribution in [0.15, 0.2) is 0 Å². The van der Waals surface area contributed by atoms with Crippen molar-refractivity contribution in [3.05, 3.63) is 0 Å². The summed E-state index contributed by atoms with van der Waals surface area (Å²) >= 11 is 0. The van der Waals surface area contributed by atoms with E-state index in [2.05, 4.69) is 10.2 Å². The van der Waals surface area contributed by atoms with Gasteiger partial charge in [-0.3, -0.25) is 9.69 Å². The lowest BCUT2D eigenvalue weighted by Gasteiger charge is -2.20. The molecule has 2 heterocycles. The van der Waals surface area contributed by atoms with Crippen molar-refractivity contribution in [3.63, 3.8) is 0 Å². The van der Waals surface area contributed by atoms with Crippen LogP contribution >= 0.6 is 0 Å². The predicted molar refractivity (Wildman–Crippen MR) is 33.0 cm³/mol. The van der Waals surface area contributed by atoms with Crippen molar-refractivity contribution in [2.75, 3.05) is 13.6 Å². The Hall–Kier alpha value is -0.570. The Balaban J connectivity index is 2.21. The van der Waals surface area contributed by atoms with Gasteiger partial charge in [0.2, 0.25) is 5.91 Å². The second-order valence-corrected chi connectivity index (χ2v) is 2.90. The number of nitrogens with zero attached hydrogens (tertiary/aromatic N) is 1. The largest absolute Gasteiger partial charge is 0.351 e. The van der Waals surface area contributed by atoms with Crippen LogP contribution < -0.4 is 5.32 Å². The summed E-state index contributed by atoms with van der Waals surface area (Å²) in [7, 11) is 2.00. The van der Waals surface area contributed by atoms with Gasteiger partial charge >= 0.3 is 0 Å². The van der Waals surface area contributed by atoms with Crippen LogP contribution in [-0.2, 0) is 4.79 Å². The average molecular weight is 126 g/mol. The van der Waals surface area contributed by atoms with Crippen LogP contribution in [-0.4, -0.2) is 36.5 Å². The number of hydrogen-bond acceptors (Lipinski definition) is 2. The minimum absolute atomic E-state index is 0.190. The van der Waals surface area contributed by atoms with E-state index in [4.69, 9.17) is 0 Å². The molecule has 0 radical (unpaired) electrons. The highest BCUT2D eigenvalue weighted by Crippen LogP contribution is 2.21. The molecule has 2 fully saturated rings. The maximum Gasteiger partial charge on any atom is 0.237 e. The first kappa shape index (κ1) is 5.23. The van der Waals surface area contributed by atoms with Crippen molar-refractivity contribution in [2.45, 2.75) is 18.5 Å². The standard InChI is InChI=1S/C6H10N2O/c1-8-3-4-2-5(8)6(9)7-4/h4-5H,2-3H2,1H3,(H,7,9)/t4?,5-/m0/s1. The van der Waals surface area contributed by atoms with Gasteiger partial charge in [-0.25, -0.2) is 0 Å². The fourth-order valence-corrected chi connectivity index (χ4v) is 1.71. The van der Waals surface area contributed by atoms with Crippen molar-refractivity contribution in [1.82, 2.24) is 10.2 Å². The molecule has 2 saturated heterocycles. The quantitative estimate of drug-likeness (QED) is 0.460. The predicted octanol–water partition coefficient (Wildman–Crippen LogP) is -0.811. The molecule has 1 amide bonds. The van der Waals surface area contributed by atoms with Crippen molar-refractivity contribution in [2.24, 2.45) is 0 Å². The molecule has 50 valence electrons. The normalized spacial score (nSPS) is 41.7. The van der Waals surface area contributed by atoms with E-state index in [1.165, 1.54) is 0 Å². The zero-order chi connectivity index (χ0) is 6.43. The summed E-state index contributed by atoms with van der Waals surface area (Å²) in [5.41, 5.74) is 0. The van der Waals surface area contributed by atoms with Gasteiger partial charge in [0.1, 0.15) is 0 Å². The molecule has 9 heavy (non-hydrogen) atoms. The lowest BCUT2D eigenvalue weighted by molar-refractivity contribution is -0.124. The Morgan fingerprint density at radius 3 is 2.89 bits per heavy atom. The van der Waals surface area contributed by atoms with Crippen LogP contribution in [0, 0.1) is 0 Å². The number of likely N-dealkylation sites (tertiary alicyclic amines) is 1. The molecular formula is C6H10N2O. The van der Waals surface area contributed by atoms with Crippen molar-refractivity contribution in [3.8, 4) is 0 Å². The lowest BCUT2D eigenvalue weighted by Crippen LogP contribution is -2.45. The molecule has 2 atom stereocenters. The highest BCUT2D eigenvalue weighted by Gasteiger charge is 2.41. The Labute approximate surface area is 54.0 Å². The number of carbonyl (C=O) groups excluding carboxylic acids is 1. The van der Waals surface area contributed by atoms with Crippen molar-refractivity contribution < 1.29 is 4.79 Å². The number of likely N-dealkylation sites (N-methyl/N-ethyl adjacent to an activating group) is 1. The van der Waals surface area contributed by atoms with Gasteiger partial charge in [-0.2, -0.15) is 0 Å². The molecule has 3 nitrogen and oxygen atoms in total. The summed E-state index contributed by atoms with van der Waals surface area (Å²) in [4.78, 5) is 13.0. The molecule has 2 aliphatic heterocycles. The average Bonchev–Trinajstić information content (AvgIpc) is 2.22. The number of nitrogens with one attached hydrogen (secondary N) is 1. The zero-order valence-corrected chi connectivity index (χ0v) is 5.42. The van der Waals surface area contributed by atoms with E-state index in [0.717, 1.165) is 13.0 Å². The number of hydrogen-bond donors (Lipinski definition) is 1. The molecule has 0 spiro atoms. The Morgan fingerprint density at radius 1 is 1.78 bits per heavy atom. The molecule has 1 N–H and O–H groups in total. The Kier molecular flexibility index (Phi) is 0.858. The van der Waals surface area contributed by atoms with Crippen LogP contribution in [0.2, 0.25) is 0 Å². The third-order valence-corrected chi connectivity index (χ3v) is 2.20. The second kappa shape index (κ2) is 1.48. The molecule has 0 aliphatic carbocycles. The summed E-state index contributed by atoms with van der Waals surface area (Å²) in [5, 5.41) is 2.90. The minimum Gasteiger partial charge on any atom is -0.351 e. The van der Waals surface area contributed by atoms with Gasteiger partial charge in [-0.05, 0) is 13.5 Å². The van der Waals surface area contributed by atoms with Gasteiger partial charge in [0, 0.05) is 12.6 Å². The molecule has 0 aromatic carbocycles. The van der Waals surface area contributed by atoms with E-state index in [9.17, 15) is 4.79 Å². The zero-order valence-electron chi connectivity index (χ0n) is 5.42. The SMILES string of the molecule is CN1CC2C[C@H]1C(=O)N2. The maximum absolute atomic E-state index is 10.9. The van der Waals surface area contributed by atoms with Crippen LogP contribution in [0.3, 0.4) is 0 Å². The first-order valence-electron chi connectivity index (χ1n) is 3.28. The van der Waals surface area contributed by atoms with Crippen molar-refractivity contribution in [1.29, 1.82) is 0 Å². The molecule has 3 heteroatoms. The number of amides is 1. The molecule has 2 rings (SSSR count). The highest BCUT2D eigenvalue weighted by atomic mass is 16.2. The van der Waals surface area contributed by atoms with Gasteiger partial charge in [-0.1, -0.05) is 0 Å². The Morgan fingerprint density at radius 2 is 2.56 bits per heavy atom. The summed E-state index contributed by atoms with van der Waals surface area (Å²) < 4.78 is 0. The second-order valence-electron chi connectivity index (χ2n) is 2.90. The minimum atomic E-state index is 0.190. The number of rotatable bonds is 0. The monoisotopic (exact) mass is 126 g/mol. The smallest absolute Gasteiger partial charge is 0.237 e. The van der Waals surface area contributed by atoms with E-state index < -0.39 is 0 Å². The van der Waals surface area contributed by atoms with E-state index in [-0.39, 0.29) is 11.9 Å². The molecule has 1 unspecified atom stereocenters. The first-order chi connectivity index (χ1) is 4.27. The summed E-state index contributed by atoms with van der Waals surface area (Å²) in [6.07, 6.45) is 1.02. The van der Waals surface area contributed by atoms with Crippen molar-refractivity contribution >= 4 is 5.91 Å². The van der Waals surface area contributed by atoms with E-state index in [1.54, 1.807) is 0 Å². The summed E-state index contributed by atoms with van der Waals surface area (Å²) in [6.45, 7) is 1.04. The molecule has 0 saturated carbocycles. The number of fused-ring (bicyclic) bond motifs is 2. The maximum atomic E-state index is 10.9. The number of carbonyl (C=O) groups is 1. The van der Waals surface area contributed by atoms with Gasteiger partial charge in [0.25, 0.3) is 0 Å². The van der Waals surface area contributed by atoms with Gasteiger partial charge in [0.05, 0.1) is 6.04 Å². The fourth-order valence-electron chi connectivity index (χ4n) is 1.71. The fraction of sp³-hybridized carbons (Fsp3) is 0.833. The topological polar surface area (TPSA) is 32.3 Å². The van der Waals surface area contributed by atoms with E-state index in [1.807, 2.05) is 7.05 Å². The van der Waals surface area contributed by atoms with Crippen LogP contribution in [0.25, 0.3) is 0 Å². The highest BCUT2D eigenvalue weighted by molar-refractivity contribution is 5.85. The summed E-state index contributed by atoms with van der Waals surface area (Å²) in [5.74, 6) is 0.216. The molecule has 0 aromatic heterocycles. The summed E-state index contributed by atoms with van der Waals surface area (Å²) in [6, 6.07) is 0.641. The number of piperazine rings is 1. The first-order valence-corrected chi connectivity index (χ1v) is 3.28. The van der Waals surface area contributed by atoms with Gasteiger partial charge in [0.15, 0.2) is 0 Å². The van der Waals surface area contributed by atoms with E-state index >= 15 is 0 Å². The molecule has 2 bridgehead atoms. The molecular weight excluding hydrogens is 116 g/mol. The Bertz CT molecular complexity index is 157. The van der Waals surface area contributed by atoms with E-state index in [0.29, 0.717) is 6.04 Å². The van der Waals surface area contributed by atoms with Gasteiger partial charge in [-0.15, -0.1) is 0 Å². The van der Waals surface area contributed by atoms with Crippen LogP contribution in [0.5, 0.6) is 0 Å². The third-order valence-electron chi connectivity index (χ3n) is 2.20. The van der Waals surface area contributed by atoms with Crippen LogP contribution in [0.4, 0.5) is 0 Å². The third kappa shape index (κ3) is 0.580. The van der Waals surface area contributed by atoms with Gasteiger partial charge < -0.3 is 5.32 Å². The molecule has 0 aromatic rings. The van der Waals surface area contributed by atoms with Crippen LogP contribution in [0.1, 0.15) is 6.42 Å². The lowest BCUT2D eigenvalue weighted by atomic mass is 10.2.